The lowest BCUT2D eigenvalue weighted by atomic mass is 10.2. The van der Waals surface area contributed by atoms with Crippen LogP contribution in [0.1, 0.15) is 20.9 Å². The van der Waals surface area contributed by atoms with Crippen molar-refractivity contribution in [3.05, 3.63) is 71.0 Å². The summed E-state index contributed by atoms with van der Waals surface area (Å²) in [5, 5.41) is 4.79. The van der Waals surface area contributed by atoms with E-state index >= 15 is 0 Å². The number of hydrogen-bond acceptors (Lipinski definition) is 5. The average molecular weight is 322 g/mol. The van der Waals surface area contributed by atoms with Crippen LogP contribution in [0.5, 0.6) is 0 Å². The molecule has 1 aromatic carbocycles. The second-order valence-electron chi connectivity index (χ2n) is 4.78. The number of aryl methyl sites for hydroxylation is 1. The monoisotopic (exact) mass is 322 g/mol. The number of carbonyl (C=O) groups excluding carboxylic acids is 1. The quantitative estimate of drug-likeness (QED) is 0.592. The van der Waals surface area contributed by atoms with Crippen LogP contribution in [0.15, 0.2) is 60.0 Å². The Bertz CT molecular complexity index is 828. The highest BCUT2D eigenvalue weighted by Crippen LogP contribution is 2.27. The van der Waals surface area contributed by atoms with Crippen LogP contribution in [0.4, 0.5) is 0 Å². The Hall–Kier alpha value is -2.86. The third kappa shape index (κ3) is 3.67. The first-order valence-electron chi connectivity index (χ1n) is 7.00. The largest absolute Gasteiger partial charge is 0.283 e. The molecule has 1 amide bonds. The van der Waals surface area contributed by atoms with E-state index in [0.717, 1.165) is 16.1 Å². The molecule has 2 heterocycles. The van der Waals surface area contributed by atoms with Crippen molar-refractivity contribution in [3.8, 4) is 10.6 Å². The smallest absolute Gasteiger partial charge is 0.266 e. The van der Waals surface area contributed by atoms with Crippen molar-refractivity contribution >= 4 is 23.5 Å². The maximum Gasteiger partial charge on any atom is 0.283 e. The van der Waals surface area contributed by atoms with E-state index in [-0.39, 0.29) is 5.91 Å². The molecule has 0 aliphatic rings. The summed E-state index contributed by atoms with van der Waals surface area (Å²) in [6.07, 6.45) is 4.92. The fraction of sp³-hybridized carbons (Fsp3) is 0.0588. The van der Waals surface area contributed by atoms with E-state index < -0.39 is 0 Å². The first kappa shape index (κ1) is 15.1. The van der Waals surface area contributed by atoms with Crippen LogP contribution in [0.3, 0.4) is 0 Å². The van der Waals surface area contributed by atoms with Crippen molar-refractivity contribution in [1.82, 2.24) is 15.4 Å². The van der Waals surface area contributed by atoms with Crippen LogP contribution < -0.4 is 5.43 Å². The van der Waals surface area contributed by atoms with Gasteiger partial charge in [-0.1, -0.05) is 30.3 Å². The van der Waals surface area contributed by atoms with Gasteiger partial charge in [0.05, 0.1) is 11.9 Å². The van der Waals surface area contributed by atoms with E-state index in [4.69, 9.17) is 0 Å². The van der Waals surface area contributed by atoms with Gasteiger partial charge in [0, 0.05) is 18.0 Å². The van der Waals surface area contributed by atoms with Crippen molar-refractivity contribution in [2.24, 2.45) is 5.10 Å². The van der Waals surface area contributed by atoms with Gasteiger partial charge in [0.2, 0.25) is 0 Å². The van der Waals surface area contributed by atoms with Gasteiger partial charge in [0.25, 0.3) is 5.91 Å². The predicted octanol–water partition coefficient (Wildman–Crippen LogP) is 3.28. The second-order valence-corrected chi connectivity index (χ2v) is 5.78. The minimum absolute atomic E-state index is 0.257. The van der Waals surface area contributed by atoms with Gasteiger partial charge < -0.3 is 0 Å². The van der Waals surface area contributed by atoms with Crippen molar-refractivity contribution in [2.45, 2.75) is 6.92 Å². The number of amides is 1. The van der Waals surface area contributed by atoms with Crippen LogP contribution in [0.25, 0.3) is 10.6 Å². The molecule has 0 aliphatic heterocycles. The lowest BCUT2D eigenvalue weighted by Gasteiger charge is -1.97. The fourth-order valence-corrected chi connectivity index (χ4v) is 2.94. The van der Waals surface area contributed by atoms with Gasteiger partial charge in [-0.2, -0.15) is 5.10 Å². The van der Waals surface area contributed by atoms with Gasteiger partial charge in [-0.15, -0.1) is 11.3 Å². The number of benzene rings is 1. The standard InChI is InChI=1S/C17H14N4OS/c1-12-15(23-17(20-12)14-5-3-2-4-6-14)16(22)21-19-11-13-7-9-18-10-8-13/h2-11H,1H3,(H,21,22)/b19-11+. The topological polar surface area (TPSA) is 67.2 Å². The van der Waals surface area contributed by atoms with Crippen LogP contribution in [-0.4, -0.2) is 22.1 Å². The first-order valence-corrected chi connectivity index (χ1v) is 7.82. The van der Waals surface area contributed by atoms with E-state index in [1.807, 2.05) is 37.3 Å². The maximum absolute atomic E-state index is 12.2. The molecule has 0 aliphatic carbocycles. The van der Waals surface area contributed by atoms with Gasteiger partial charge in [0.1, 0.15) is 9.88 Å². The zero-order valence-corrected chi connectivity index (χ0v) is 13.2. The third-order valence-corrected chi connectivity index (χ3v) is 4.31. The molecule has 2 aromatic heterocycles. The van der Waals surface area contributed by atoms with E-state index in [1.165, 1.54) is 11.3 Å². The zero-order chi connectivity index (χ0) is 16.1. The maximum atomic E-state index is 12.2. The number of thiazole rings is 1. The average Bonchev–Trinajstić information content (AvgIpc) is 2.98. The summed E-state index contributed by atoms with van der Waals surface area (Å²) in [4.78, 5) is 21.2. The van der Waals surface area contributed by atoms with Gasteiger partial charge in [-0.25, -0.2) is 10.4 Å². The number of hydrazone groups is 1. The molecular weight excluding hydrogens is 308 g/mol. The molecule has 0 spiro atoms. The second kappa shape index (κ2) is 6.93. The highest BCUT2D eigenvalue weighted by molar-refractivity contribution is 7.17. The minimum atomic E-state index is -0.257. The number of nitrogens with zero attached hydrogens (tertiary/aromatic N) is 3. The summed E-state index contributed by atoms with van der Waals surface area (Å²) < 4.78 is 0. The number of aromatic nitrogens is 2. The summed E-state index contributed by atoms with van der Waals surface area (Å²) in [7, 11) is 0. The molecule has 0 unspecified atom stereocenters. The Balaban J connectivity index is 1.73. The molecular formula is C17H14N4OS. The van der Waals surface area contributed by atoms with Crippen LogP contribution in [0.2, 0.25) is 0 Å². The number of hydrogen-bond donors (Lipinski definition) is 1. The van der Waals surface area contributed by atoms with E-state index in [9.17, 15) is 4.79 Å². The van der Waals surface area contributed by atoms with Crippen LogP contribution in [-0.2, 0) is 0 Å². The predicted molar refractivity (Wildman–Crippen MR) is 91.6 cm³/mol. The van der Waals surface area contributed by atoms with Crippen molar-refractivity contribution in [1.29, 1.82) is 0 Å². The number of carbonyl (C=O) groups is 1. The Labute approximate surface area is 137 Å². The molecule has 114 valence electrons. The summed E-state index contributed by atoms with van der Waals surface area (Å²) in [6, 6.07) is 13.4. The fourth-order valence-electron chi connectivity index (χ4n) is 1.98. The molecule has 0 atom stereocenters. The number of nitrogens with one attached hydrogen (secondary N) is 1. The lowest BCUT2D eigenvalue weighted by molar-refractivity contribution is 0.0958. The summed E-state index contributed by atoms with van der Waals surface area (Å²) in [5.41, 5.74) is 5.10. The molecule has 1 N–H and O–H groups in total. The van der Waals surface area contributed by atoms with Crippen molar-refractivity contribution in [2.75, 3.05) is 0 Å². The normalized spacial score (nSPS) is 10.8. The van der Waals surface area contributed by atoms with Crippen molar-refractivity contribution in [3.63, 3.8) is 0 Å². The zero-order valence-electron chi connectivity index (χ0n) is 12.4. The van der Waals surface area contributed by atoms with Crippen molar-refractivity contribution < 1.29 is 4.79 Å². The summed E-state index contributed by atoms with van der Waals surface area (Å²) in [6.45, 7) is 1.82. The van der Waals surface area contributed by atoms with E-state index in [1.54, 1.807) is 30.7 Å². The van der Waals surface area contributed by atoms with Gasteiger partial charge in [0.15, 0.2) is 0 Å². The lowest BCUT2D eigenvalue weighted by Crippen LogP contribution is -2.17. The number of rotatable bonds is 4. The Morgan fingerprint density at radius 1 is 1.17 bits per heavy atom. The Kier molecular flexibility index (Phi) is 4.54. The molecule has 0 saturated carbocycles. The molecule has 0 fully saturated rings. The molecule has 3 rings (SSSR count). The molecule has 0 radical (unpaired) electrons. The highest BCUT2D eigenvalue weighted by Gasteiger charge is 2.15. The minimum Gasteiger partial charge on any atom is -0.266 e. The summed E-state index contributed by atoms with van der Waals surface area (Å²) in [5.74, 6) is -0.257. The SMILES string of the molecule is Cc1nc(-c2ccccc2)sc1C(=O)N/N=C/c1ccncc1. The molecule has 23 heavy (non-hydrogen) atoms. The van der Waals surface area contributed by atoms with Crippen LogP contribution >= 0.6 is 11.3 Å². The molecule has 5 nitrogen and oxygen atoms in total. The Morgan fingerprint density at radius 2 is 1.91 bits per heavy atom. The van der Waals surface area contributed by atoms with Gasteiger partial charge >= 0.3 is 0 Å². The number of pyridine rings is 1. The van der Waals surface area contributed by atoms with Gasteiger partial charge in [-0.3, -0.25) is 9.78 Å². The van der Waals surface area contributed by atoms with Gasteiger partial charge in [-0.05, 0) is 24.6 Å². The van der Waals surface area contributed by atoms with E-state index in [0.29, 0.717) is 10.6 Å². The molecule has 0 saturated heterocycles. The third-order valence-electron chi connectivity index (χ3n) is 3.11. The summed E-state index contributed by atoms with van der Waals surface area (Å²) >= 11 is 1.36. The van der Waals surface area contributed by atoms with E-state index in [2.05, 4.69) is 20.5 Å². The molecule has 6 heteroatoms. The molecule has 0 bridgehead atoms. The first-order chi connectivity index (χ1) is 11.2. The molecule has 3 aromatic rings. The van der Waals surface area contributed by atoms with Crippen LogP contribution in [0, 0.1) is 6.92 Å². The Morgan fingerprint density at radius 3 is 2.65 bits per heavy atom. The highest BCUT2D eigenvalue weighted by atomic mass is 32.1.